The predicted molar refractivity (Wildman–Crippen MR) is 92.1 cm³/mol. The van der Waals surface area contributed by atoms with Crippen LogP contribution in [0.4, 0.5) is 0 Å². The molecular weight excluding hydrogens is 316 g/mol. The zero-order valence-electron chi connectivity index (χ0n) is 13.4. The summed E-state index contributed by atoms with van der Waals surface area (Å²) in [5.41, 5.74) is 2.58. The molecule has 0 bridgehead atoms. The van der Waals surface area contributed by atoms with E-state index in [1.54, 1.807) is 10.9 Å². The highest BCUT2D eigenvalue weighted by Crippen LogP contribution is 2.08. The Hall–Kier alpha value is -3.48. The number of carbonyl (C=O) groups excluding carboxylic acids is 1. The number of fused-ring (bicyclic) bond motifs is 1. The second-order valence-electron chi connectivity index (χ2n) is 5.63. The highest BCUT2D eigenvalue weighted by Gasteiger charge is 2.09. The number of pyridine rings is 1. The van der Waals surface area contributed by atoms with Gasteiger partial charge < -0.3 is 5.32 Å². The Bertz CT molecular complexity index is 1000. The molecule has 25 heavy (non-hydrogen) atoms. The molecule has 3 aromatic heterocycles. The number of para-hydroxylation sites is 1. The van der Waals surface area contributed by atoms with Crippen molar-refractivity contribution >= 4 is 11.6 Å². The molecule has 0 spiro atoms. The molecule has 4 aromatic rings. The molecule has 0 atom stereocenters. The monoisotopic (exact) mass is 332 g/mol. The summed E-state index contributed by atoms with van der Waals surface area (Å²) in [5, 5.41) is 15.3. The number of aromatic nitrogens is 5. The van der Waals surface area contributed by atoms with E-state index >= 15 is 0 Å². The maximum Gasteiger partial charge on any atom is 0.224 e. The molecule has 1 N–H and O–H groups in total. The summed E-state index contributed by atoms with van der Waals surface area (Å²) in [5.74, 6) is 0.615. The minimum absolute atomic E-state index is 0.0831. The highest BCUT2D eigenvalue weighted by atomic mass is 16.1. The fourth-order valence-electron chi connectivity index (χ4n) is 2.61. The summed E-state index contributed by atoms with van der Waals surface area (Å²) in [7, 11) is 0. The van der Waals surface area contributed by atoms with Gasteiger partial charge in [0.1, 0.15) is 0 Å². The van der Waals surface area contributed by atoms with Crippen LogP contribution < -0.4 is 5.32 Å². The average molecular weight is 332 g/mol. The van der Waals surface area contributed by atoms with Gasteiger partial charge in [-0.05, 0) is 29.8 Å². The normalized spacial score (nSPS) is 10.9. The Balaban J connectivity index is 1.39. The fraction of sp³-hybridized carbons (Fsp3) is 0.111. The Labute approximate surface area is 143 Å². The van der Waals surface area contributed by atoms with Crippen LogP contribution in [0.25, 0.3) is 11.3 Å². The Morgan fingerprint density at radius 3 is 2.76 bits per heavy atom. The smallest absolute Gasteiger partial charge is 0.224 e. The van der Waals surface area contributed by atoms with Gasteiger partial charge >= 0.3 is 0 Å². The van der Waals surface area contributed by atoms with E-state index in [0.29, 0.717) is 12.4 Å². The van der Waals surface area contributed by atoms with Gasteiger partial charge in [0, 0.05) is 12.4 Å². The first kappa shape index (κ1) is 15.1. The minimum atomic E-state index is -0.0831. The molecule has 1 amide bonds. The van der Waals surface area contributed by atoms with Crippen LogP contribution in [0, 0.1) is 0 Å². The van der Waals surface area contributed by atoms with E-state index < -0.39 is 0 Å². The van der Waals surface area contributed by atoms with Gasteiger partial charge in [-0.25, -0.2) is 4.68 Å². The second kappa shape index (κ2) is 6.56. The summed E-state index contributed by atoms with van der Waals surface area (Å²) < 4.78 is 3.61. The predicted octanol–water partition coefficient (Wildman–Crippen LogP) is 1.77. The van der Waals surface area contributed by atoms with E-state index in [0.717, 1.165) is 16.9 Å². The van der Waals surface area contributed by atoms with Gasteiger partial charge in [-0.3, -0.25) is 9.20 Å². The number of rotatable bonds is 5. The lowest BCUT2D eigenvalue weighted by atomic mass is 10.2. The fourth-order valence-corrected chi connectivity index (χ4v) is 2.61. The van der Waals surface area contributed by atoms with Crippen molar-refractivity contribution in [2.24, 2.45) is 0 Å². The van der Waals surface area contributed by atoms with E-state index in [4.69, 9.17) is 0 Å². The van der Waals surface area contributed by atoms with Crippen LogP contribution in [0.2, 0.25) is 0 Å². The second-order valence-corrected chi connectivity index (χ2v) is 5.63. The molecule has 0 aliphatic heterocycles. The number of amides is 1. The van der Waals surface area contributed by atoms with Crippen molar-refractivity contribution in [2.75, 3.05) is 0 Å². The van der Waals surface area contributed by atoms with Crippen LogP contribution in [0.3, 0.4) is 0 Å². The van der Waals surface area contributed by atoms with Crippen LogP contribution in [0.15, 0.2) is 67.1 Å². The number of benzene rings is 1. The maximum absolute atomic E-state index is 12.2. The summed E-state index contributed by atoms with van der Waals surface area (Å²) in [6.07, 6.45) is 5.71. The van der Waals surface area contributed by atoms with Gasteiger partial charge in [0.25, 0.3) is 0 Å². The largest absolute Gasteiger partial charge is 0.348 e. The molecule has 0 fully saturated rings. The van der Waals surface area contributed by atoms with E-state index in [-0.39, 0.29) is 12.3 Å². The highest BCUT2D eigenvalue weighted by molar-refractivity contribution is 5.78. The van der Waals surface area contributed by atoms with E-state index in [9.17, 15) is 4.79 Å². The summed E-state index contributed by atoms with van der Waals surface area (Å²) >= 11 is 0. The summed E-state index contributed by atoms with van der Waals surface area (Å²) in [6, 6.07) is 15.5. The van der Waals surface area contributed by atoms with E-state index in [1.807, 2.05) is 65.3 Å². The topological polar surface area (TPSA) is 77.1 Å². The summed E-state index contributed by atoms with van der Waals surface area (Å²) in [6.45, 7) is 0.330. The molecule has 0 radical (unpaired) electrons. The van der Waals surface area contributed by atoms with Crippen molar-refractivity contribution < 1.29 is 4.79 Å². The van der Waals surface area contributed by atoms with Crippen LogP contribution in [0.1, 0.15) is 11.4 Å². The third kappa shape index (κ3) is 3.25. The molecule has 0 unspecified atom stereocenters. The molecule has 1 aromatic carbocycles. The molecular formula is C18H16N6O. The molecule has 0 aliphatic carbocycles. The Morgan fingerprint density at radius 1 is 1.04 bits per heavy atom. The van der Waals surface area contributed by atoms with Crippen molar-refractivity contribution in [3.05, 3.63) is 78.5 Å². The molecule has 0 saturated heterocycles. The SMILES string of the molecule is O=C(Cc1cnn(-c2ccccc2)c1)NCc1nnc2ccccn12. The third-order valence-corrected chi connectivity index (χ3v) is 3.85. The van der Waals surface area contributed by atoms with Crippen molar-refractivity contribution in [2.45, 2.75) is 13.0 Å². The average Bonchev–Trinajstić information content (AvgIpc) is 3.28. The van der Waals surface area contributed by atoms with Crippen LogP contribution in [-0.2, 0) is 17.8 Å². The van der Waals surface area contributed by atoms with E-state index in [2.05, 4.69) is 20.6 Å². The summed E-state index contributed by atoms with van der Waals surface area (Å²) in [4.78, 5) is 12.2. The van der Waals surface area contributed by atoms with Gasteiger partial charge in [0.05, 0.1) is 24.8 Å². The maximum atomic E-state index is 12.2. The molecule has 4 rings (SSSR count). The van der Waals surface area contributed by atoms with Crippen LogP contribution in [-0.4, -0.2) is 30.3 Å². The zero-order valence-corrected chi connectivity index (χ0v) is 13.4. The molecule has 7 nitrogen and oxygen atoms in total. The Morgan fingerprint density at radius 2 is 1.88 bits per heavy atom. The van der Waals surface area contributed by atoms with Crippen molar-refractivity contribution in [3.63, 3.8) is 0 Å². The standard InChI is InChI=1S/C18H16N6O/c25-18(19-12-17-22-21-16-8-4-5-9-23(16)17)10-14-11-20-24(13-14)15-6-2-1-3-7-15/h1-9,11,13H,10,12H2,(H,19,25). The van der Waals surface area contributed by atoms with Crippen molar-refractivity contribution in [1.29, 1.82) is 0 Å². The van der Waals surface area contributed by atoms with Gasteiger partial charge in [-0.15, -0.1) is 10.2 Å². The lowest BCUT2D eigenvalue weighted by Crippen LogP contribution is -2.25. The lowest BCUT2D eigenvalue weighted by Gasteiger charge is -2.03. The first-order valence-corrected chi connectivity index (χ1v) is 7.94. The third-order valence-electron chi connectivity index (χ3n) is 3.85. The number of hydrogen-bond acceptors (Lipinski definition) is 4. The van der Waals surface area contributed by atoms with Crippen LogP contribution >= 0.6 is 0 Å². The molecule has 0 saturated carbocycles. The number of carbonyl (C=O) groups is 1. The minimum Gasteiger partial charge on any atom is -0.348 e. The zero-order chi connectivity index (χ0) is 17.1. The van der Waals surface area contributed by atoms with Gasteiger partial charge in [0.2, 0.25) is 5.91 Å². The lowest BCUT2D eigenvalue weighted by molar-refractivity contribution is -0.120. The first-order chi connectivity index (χ1) is 12.3. The number of hydrogen-bond donors (Lipinski definition) is 1. The number of nitrogens with one attached hydrogen (secondary N) is 1. The van der Waals surface area contributed by atoms with Gasteiger partial charge in [0.15, 0.2) is 11.5 Å². The molecule has 3 heterocycles. The van der Waals surface area contributed by atoms with Crippen molar-refractivity contribution in [1.82, 2.24) is 29.7 Å². The first-order valence-electron chi connectivity index (χ1n) is 7.94. The van der Waals surface area contributed by atoms with Gasteiger partial charge in [-0.1, -0.05) is 24.3 Å². The molecule has 124 valence electrons. The van der Waals surface area contributed by atoms with Gasteiger partial charge in [-0.2, -0.15) is 5.10 Å². The number of nitrogens with zero attached hydrogens (tertiary/aromatic N) is 5. The van der Waals surface area contributed by atoms with Crippen LogP contribution in [0.5, 0.6) is 0 Å². The van der Waals surface area contributed by atoms with Crippen molar-refractivity contribution in [3.8, 4) is 5.69 Å². The molecule has 7 heteroatoms. The quantitative estimate of drug-likeness (QED) is 0.604. The van der Waals surface area contributed by atoms with E-state index in [1.165, 1.54) is 0 Å². The Kier molecular flexibility index (Phi) is 3.96. The molecule has 0 aliphatic rings.